The Morgan fingerprint density at radius 1 is 1.64 bits per heavy atom. The lowest BCUT2D eigenvalue weighted by Crippen LogP contribution is -2.50. The lowest BCUT2D eigenvalue weighted by molar-refractivity contribution is -0.148. The highest BCUT2D eigenvalue weighted by Gasteiger charge is 2.41. The highest BCUT2D eigenvalue weighted by atomic mass is 19.3. The summed E-state index contributed by atoms with van der Waals surface area (Å²) < 4.78 is 30.7. The first-order valence-electron chi connectivity index (χ1n) is 3.87. The number of hydrogen-bond acceptors (Lipinski definition) is 2. The molecule has 0 unspecified atom stereocenters. The van der Waals surface area contributed by atoms with E-state index in [-0.39, 0.29) is 13.0 Å². The van der Waals surface area contributed by atoms with Gasteiger partial charge in [-0.05, 0) is 6.92 Å². The Morgan fingerprint density at radius 3 is 2.91 bits per heavy atom. The summed E-state index contributed by atoms with van der Waals surface area (Å²) in [5, 5.41) is 2.87. The maximum atomic E-state index is 12.9. The monoisotopic (exact) mass is 165 g/mol. The molecule has 0 amide bonds. The van der Waals surface area contributed by atoms with Crippen LogP contribution in [0.1, 0.15) is 13.3 Å². The van der Waals surface area contributed by atoms with Crippen LogP contribution in [0.4, 0.5) is 8.78 Å². The zero-order valence-electron chi connectivity index (χ0n) is 6.57. The predicted octanol–water partition coefficient (Wildman–Crippen LogP) is 1.02. The van der Waals surface area contributed by atoms with E-state index in [1.807, 2.05) is 0 Å². The Morgan fingerprint density at radius 2 is 2.36 bits per heavy atom. The Hall–Kier alpha value is -0.220. The third-order valence-corrected chi connectivity index (χ3v) is 1.80. The number of rotatable bonds is 2. The summed E-state index contributed by atoms with van der Waals surface area (Å²) in [4.78, 5) is 0. The molecule has 66 valence electrons. The van der Waals surface area contributed by atoms with E-state index < -0.39 is 12.0 Å². The van der Waals surface area contributed by atoms with E-state index in [4.69, 9.17) is 4.74 Å². The van der Waals surface area contributed by atoms with Gasteiger partial charge in [-0.15, -0.1) is 0 Å². The number of ether oxygens (including phenoxy) is 1. The second-order valence-electron chi connectivity index (χ2n) is 2.66. The Bertz CT molecular complexity index is 128. The van der Waals surface area contributed by atoms with Crippen molar-refractivity contribution in [3.05, 3.63) is 0 Å². The predicted molar refractivity (Wildman–Crippen MR) is 37.8 cm³/mol. The normalized spacial score (nSPS) is 30.3. The van der Waals surface area contributed by atoms with Crippen molar-refractivity contribution in [2.45, 2.75) is 25.4 Å². The largest absolute Gasteiger partial charge is 0.371 e. The van der Waals surface area contributed by atoms with Crippen molar-refractivity contribution < 1.29 is 13.5 Å². The van der Waals surface area contributed by atoms with Gasteiger partial charge >= 0.3 is 0 Å². The fourth-order valence-electron chi connectivity index (χ4n) is 1.18. The number of hydrogen-bond donors (Lipinski definition) is 1. The molecule has 1 heterocycles. The summed E-state index contributed by atoms with van der Waals surface area (Å²) in [6.45, 7) is 2.73. The van der Waals surface area contributed by atoms with Crippen molar-refractivity contribution in [2.75, 3.05) is 19.7 Å². The first-order valence-corrected chi connectivity index (χ1v) is 3.87. The summed E-state index contributed by atoms with van der Waals surface area (Å²) in [6, 6.07) is 0. The van der Waals surface area contributed by atoms with Crippen LogP contribution >= 0.6 is 0 Å². The molecule has 0 aromatic rings. The van der Waals surface area contributed by atoms with E-state index in [0.717, 1.165) is 0 Å². The minimum Gasteiger partial charge on any atom is -0.371 e. The van der Waals surface area contributed by atoms with Gasteiger partial charge in [-0.3, -0.25) is 0 Å². The van der Waals surface area contributed by atoms with Gasteiger partial charge in [0.25, 0.3) is 5.92 Å². The molecule has 1 fully saturated rings. The molecule has 1 N–H and O–H groups in total. The standard InChI is InChI=1S/C7H13F2NO/c1-2-11-6-5-10-4-3-7(6,8)9/h6,10H,2-5H2,1H3/t6-/m0/s1. The molecule has 1 saturated heterocycles. The molecule has 0 spiro atoms. The number of nitrogens with one attached hydrogen (secondary N) is 1. The molecular weight excluding hydrogens is 152 g/mol. The van der Waals surface area contributed by atoms with Gasteiger partial charge < -0.3 is 10.1 Å². The topological polar surface area (TPSA) is 21.3 Å². The van der Waals surface area contributed by atoms with Crippen LogP contribution in [0.5, 0.6) is 0 Å². The second-order valence-corrected chi connectivity index (χ2v) is 2.66. The summed E-state index contributed by atoms with van der Waals surface area (Å²) in [6.07, 6.45) is -1.04. The SMILES string of the molecule is CCO[C@H]1CNCCC1(F)F. The molecule has 0 aromatic heterocycles. The van der Waals surface area contributed by atoms with Gasteiger partial charge in [-0.25, -0.2) is 8.78 Å². The van der Waals surface area contributed by atoms with Crippen LogP contribution in [0, 0.1) is 0 Å². The smallest absolute Gasteiger partial charge is 0.276 e. The van der Waals surface area contributed by atoms with Gasteiger partial charge in [-0.2, -0.15) is 0 Å². The molecule has 1 aliphatic rings. The van der Waals surface area contributed by atoms with Crippen LogP contribution in [-0.2, 0) is 4.74 Å². The van der Waals surface area contributed by atoms with Gasteiger partial charge in [0.05, 0.1) is 0 Å². The van der Waals surface area contributed by atoms with E-state index in [1.54, 1.807) is 6.92 Å². The fraction of sp³-hybridized carbons (Fsp3) is 1.00. The minimum absolute atomic E-state index is 0.113. The van der Waals surface area contributed by atoms with Crippen molar-refractivity contribution in [3.63, 3.8) is 0 Å². The second kappa shape index (κ2) is 3.45. The molecule has 4 heteroatoms. The molecule has 0 radical (unpaired) electrons. The summed E-state index contributed by atoms with van der Waals surface area (Å²) in [7, 11) is 0. The highest BCUT2D eigenvalue weighted by molar-refractivity contribution is 4.85. The molecule has 1 aliphatic heterocycles. The zero-order chi connectivity index (χ0) is 8.32. The maximum absolute atomic E-state index is 12.9. The molecule has 11 heavy (non-hydrogen) atoms. The van der Waals surface area contributed by atoms with Crippen LogP contribution in [0.15, 0.2) is 0 Å². The molecule has 2 nitrogen and oxygen atoms in total. The van der Waals surface area contributed by atoms with Crippen LogP contribution < -0.4 is 5.32 Å². The van der Waals surface area contributed by atoms with Crippen LogP contribution in [-0.4, -0.2) is 31.7 Å². The lowest BCUT2D eigenvalue weighted by Gasteiger charge is -2.31. The molecule has 0 aliphatic carbocycles. The Balaban J connectivity index is 2.45. The van der Waals surface area contributed by atoms with E-state index in [9.17, 15) is 8.78 Å². The highest BCUT2D eigenvalue weighted by Crippen LogP contribution is 2.27. The third kappa shape index (κ3) is 2.10. The quantitative estimate of drug-likeness (QED) is 0.659. The first-order chi connectivity index (χ1) is 5.17. The van der Waals surface area contributed by atoms with Crippen molar-refractivity contribution >= 4 is 0 Å². The Kier molecular flexibility index (Phi) is 2.78. The summed E-state index contributed by atoms with van der Waals surface area (Å²) in [5.74, 6) is -2.64. The average Bonchev–Trinajstić information content (AvgIpc) is 1.94. The fourth-order valence-corrected chi connectivity index (χ4v) is 1.18. The van der Waals surface area contributed by atoms with Crippen LogP contribution in [0.3, 0.4) is 0 Å². The minimum atomic E-state index is -2.64. The average molecular weight is 165 g/mol. The number of halogens is 2. The summed E-state index contributed by atoms with van der Waals surface area (Å²) >= 11 is 0. The van der Waals surface area contributed by atoms with Gasteiger partial charge in [0, 0.05) is 26.1 Å². The number of piperidine rings is 1. The molecule has 0 saturated carbocycles. The molecule has 1 rings (SSSR count). The molecule has 1 atom stereocenters. The zero-order valence-corrected chi connectivity index (χ0v) is 6.57. The van der Waals surface area contributed by atoms with Gasteiger partial charge in [-0.1, -0.05) is 0 Å². The van der Waals surface area contributed by atoms with Crippen LogP contribution in [0.2, 0.25) is 0 Å². The third-order valence-electron chi connectivity index (χ3n) is 1.80. The van der Waals surface area contributed by atoms with Crippen molar-refractivity contribution in [3.8, 4) is 0 Å². The molecule has 0 bridgehead atoms. The molecular formula is C7H13F2NO. The van der Waals surface area contributed by atoms with Gasteiger partial charge in [0.2, 0.25) is 0 Å². The molecule has 0 aromatic carbocycles. The lowest BCUT2D eigenvalue weighted by atomic mass is 10.1. The van der Waals surface area contributed by atoms with Crippen molar-refractivity contribution in [2.24, 2.45) is 0 Å². The maximum Gasteiger partial charge on any atom is 0.276 e. The van der Waals surface area contributed by atoms with Crippen LogP contribution in [0.25, 0.3) is 0 Å². The van der Waals surface area contributed by atoms with E-state index in [2.05, 4.69) is 5.32 Å². The summed E-state index contributed by atoms with van der Waals surface area (Å²) in [5.41, 5.74) is 0. The van der Waals surface area contributed by atoms with E-state index in [0.29, 0.717) is 13.2 Å². The van der Waals surface area contributed by atoms with E-state index in [1.165, 1.54) is 0 Å². The van der Waals surface area contributed by atoms with Crippen molar-refractivity contribution in [1.29, 1.82) is 0 Å². The van der Waals surface area contributed by atoms with E-state index >= 15 is 0 Å². The first kappa shape index (κ1) is 8.87. The number of alkyl halides is 2. The van der Waals surface area contributed by atoms with Crippen molar-refractivity contribution in [1.82, 2.24) is 5.32 Å². The van der Waals surface area contributed by atoms with Gasteiger partial charge in [0.1, 0.15) is 6.10 Å². The van der Waals surface area contributed by atoms with Gasteiger partial charge in [0.15, 0.2) is 0 Å². The Labute approximate surface area is 64.9 Å².